The van der Waals surface area contributed by atoms with Crippen molar-refractivity contribution in [2.75, 3.05) is 0 Å². The number of carbonyl (C=O) groups excluding carboxylic acids is 2. The number of rotatable bonds is 0. The van der Waals surface area contributed by atoms with Gasteiger partial charge in [-0.3, -0.25) is 0 Å². The van der Waals surface area contributed by atoms with Gasteiger partial charge >= 0.3 is 86.8 Å². The van der Waals surface area contributed by atoms with Gasteiger partial charge in [0.2, 0.25) is 0 Å². The third kappa shape index (κ3) is 502. The first-order chi connectivity index (χ1) is 3.46. The van der Waals surface area contributed by atoms with Crippen LogP contribution in [0, 0.1) is 0 Å². The molecule has 0 aromatic carbocycles. The zero-order chi connectivity index (χ0) is 7.15. The van der Waals surface area contributed by atoms with E-state index in [0.29, 0.717) is 0 Å². The molecule has 0 aliphatic carbocycles. The molecule has 0 radical (unpaired) electrons. The topological polar surface area (TPSA) is 80.3 Å². The summed E-state index contributed by atoms with van der Waals surface area (Å²) in [5.41, 5.74) is 0. The first-order valence-electron chi connectivity index (χ1n) is 1.82. The van der Waals surface area contributed by atoms with Crippen LogP contribution in [-0.2, 0) is 37.3 Å². The molecule has 0 unspecified atom stereocenters. The van der Waals surface area contributed by atoms with Crippen molar-refractivity contribution < 1.29 is 107 Å². The van der Waals surface area contributed by atoms with Gasteiger partial charge in [-0.15, -0.1) is 0 Å². The Morgan fingerprint density at radius 2 is 0.846 bits per heavy atom. The van der Waals surface area contributed by atoms with Crippen molar-refractivity contribution in [1.29, 1.82) is 0 Å². The number of aliphatic carboxylic acids is 2. The van der Waals surface area contributed by atoms with Crippen molar-refractivity contribution in [2.24, 2.45) is 0 Å². The Morgan fingerprint density at radius 1 is 0.846 bits per heavy atom. The van der Waals surface area contributed by atoms with Crippen molar-refractivity contribution in [2.45, 2.75) is 13.8 Å². The van der Waals surface area contributed by atoms with E-state index in [1.54, 1.807) is 0 Å². The SMILES string of the molecule is CC(=O)[O-].CC(=O)[O-].[BH4-].[BH4-].[Hg+2].[Na+].[Na+]. The smallest absolute Gasteiger partial charge is 0.550 e. The fraction of sp³-hybridized carbons (Fsp3) is 0.500. The second-order valence-electron chi connectivity index (χ2n) is 0.983. The number of carboxylic acids is 2. The van der Waals surface area contributed by atoms with Crippen LogP contribution in [0.4, 0.5) is 0 Å². The molecular formula is C4H14B2HgNa2O4. The van der Waals surface area contributed by atoms with Gasteiger partial charge in [0.05, 0.1) is 0 Å². The van der Waals surface area contributed by atoms with Gasteiger partial charge in [-0.25, -0.2) is 0 Å². The molecule has 4 nitrogen and oxygen atoms in total. The number of hydrogen-bond acceptors (Lipinski definition) is 4. The van der Waals surface area contributed by atoms with Gasteiger partial charge in [0.25, 0.3) is 0 Å². The third-order valence-electron chi connectivity index (χ3n) is 0. The Labute approximate surface area is 147 Å². The minimum Gasteiger partial charge on any atom is -0.550 e. The van der Waals surface area contributed by atoms with E-state index in [-0.39, 0.29) is 104 Å². The van der Waals surface area contributed by atoms with Crippen LogP contribution >= 0.6 is 0 Å². The molecule has 0 bridgehead atoms. The quantitative estimate of drug-likeness (QED) is 0.382. The molecule has 0 aliphatic heterocycles. The predicted octanol–water partition coefficient (Wildman–Crippen LogP) is -11.4. The molecule has 0 heterocycles. The van der Waals surface area contributed by atoms with E-state index in [2.05, 4.69) is 0 Å². The predicted molar refractivity (Wildman–Crippen MR) is 44.0 cm³/mol. The van der Waals surface area contributed by atoms with Gasteiger partial charge in [0.15, 0.2) is 0 Å². The van der Waals surface area contributed by atoms with Crippen molar-refractivity contribution in [3.63, 3.8) is 0 Å². The maximum Gasteiger partial charge on any atom is 2.00 e. The van der Waals surface area contributed by atoms with Gasteiger partial charge in [0, 0.05) is 11.9 Å². The fourth-order valence-corrected chi connectivity index (χ4v) is 0. The fourth-order valence-electron chi connectivity index (χ4n) is 0. The molecule has 9 heteroatoms. The second-order valence-corrected chi connectivity index (χ2v) is 0.983. The monoisotopic (exact) mass is 396 g/mol. The summed E-state index contributed by atoms with van der Waals surface area (Å²) in [4.78, 5) is 17.8. The normalized spacial score (nSPS) is 3.85. The number of carbonyl (C=O) groups is 2. The largest absolute Gasteiger partial charge is 2.00 e. The van der Waals surface area contributed by atoms with Crippen LogP contribution < -0.4 is 69.3 Å². The zero-order valence-electron chi connectivity index (χ0n) is 7.34. The van der Waals surface area contributed by atoms with E-state index < -0.39 is 11.9 Å². The Hall–Kier alpha value is 2.00. The summed E-state index contributed by atoms with van der Waals surface area (Å²) in [7, 11) is 0. The summed E-state index contributed by atoms with van der Waals surface area (Å²) >= 11 is 0. The average molecular weight is 394 g/mol. The summed E-state index contributed by atoms with van der Waals surface area (Å²) in [5, 5.41) is 17.8. The van der Waals surface area contributed by atoms with Crippen molar-refractivity contribution >= 4 is 28.8 Å². The summed E-state index contributed by atoms with van der Waals surface area (Å²) in [5.74, 6) is -2.17. The molecule has 64 valence electrons. The van der Waals surface area contributed by atoms with Crippen LogP contribution in [0.5, 0.6) is 0 Å². The van der Waals surface area contributed by atoms with Gasteiger partial charge < -0.3 is 19.8 Å². The van der Waals surface area contributed by atoms with E-state index in [1.807, 2.05) is 0 Å². The molecule has 13 heavy (non-hydrogen) atoms. The zero-order valence-corrected chi connectivity index (χ0v) is 16.8. The minimum atomic E-state index is -1.08. The van der Waals surface area contributed by atoms with E-state index in [4.69, 9.17) is 19.8 Å². The maximum absolute atomic E-state index is 8.89. The molecule has 0 N–H and O–H groups in total. The molecule has 0 spiro atoms. The molecular weight excluding hydrogens is 380 g/mol. The molecule has 0 aliphatic rings. The Balaban J connectivity index is -0.00000000800. The number of hydrogen-bond donors (Lipinski definition) is 0. The summed E-state index contributed by atoms with van der Waals surface area (Å²) in [6.45, 7) is 1.94. The van der Waals surface area contributed by atoms with Crippen molar-refractivity contribution in [3.8, 4) is 0 Å². The molecule has 0 aromatic heterocycles. The first kappa shape index (κ1) is 45.9. The molecule has 0 aromatic rings. The average Bonchev–Trinajstić information content (AvgIpc) is 1.25. The summed E-state index contributed by atoms with van der Waals surface area (Å²) < 4.78 is 0. The Morgan fingerprint density at radius 3 is 0.846 bits per heavy atom. The van der Waals surface area contributed by atoms with Crippen LogP contribution in [0.25, 0.3) is 0 Å². The van der Waals surface area contributed by atoms with E-state index in [0.717, 1.165) is 13.8 Å². The van der Waals surface area contributed by atoms with Crippen molar-refractivity contribution in [1.82, 2.24) is 0 Å². The van der Waals surface area contributed by atoms with Crippen molar-refractivity contribution in [3.05, 3.63) is 0 Å². The van der Waals surface area contributed by atoms with Crippen LogP contribution in [0.3, 0.4) is 0 Å². The Bertz CT molecular complexity index is 86.1. The molecule has 0 fully saturated rings. The van der Waals surface area contributed by atoms with E-state index in [9.17, 15) is 0 Å². The number of carboxylic acid groups (broad SMARTS) is 2. The van der Waals surface area contributed by atoms with Gasteiger partial charge in [-0.05, 0) is 13.8 Å². The molecule has 0 atom stereocenters. The molecule has 0 saturated carbocycles. The second kappa shape index (κ2) is 37.0. The maximum atomic E-state index is 8.89. The van der Waals surface area contributed by atoms with Crippen LogP contribution in [0.15, 0.2) is 0 Å². The van der Waals surface area contributed by atoms with E-state index >= 15 is 0 Å². The van der Waals surface area contributed by atoms with Crippen LogP contribution in [0.1, 0.15) is 13.8 Å². The van der Waals surface area contributed by atoms with Crippen LogP contribution in [-0.4, -0.2) is 28.8 Å². The molecule has 0 saturated heterocycles. The van der Waals surface area contributed by atoms with E-state index in [1.165, 1.54) is 0 Å². The van der Waals surface area contributed by atoms with Gasteiger partial charge in [0.1, 0.15) is 0 Å². The van der Waals surface area contributed by atoms with Crippen LogP contribution in [0.2, 0.25) is 0 Å². The standard InChI is InChI=1S/2C2H4O2.2BH4.Hg.2Na/c2*1-2(3)4;;;;;/h2*1H3,(H,3,4);2*1H4;;;/q;;2*-1;+2;2*+1/p-2. The molecule has 0 amide bonds. The van der Waals surface area contributed by atoms with Gasteiger partial charge in [-0.1, -0.05) is 16.8 Å². The summed E-state index contributed by atoms with van der Waals surface area (Å²) in [6, 6.07) is 0. The third-order valence-corrected chi connectivity index (χ3v) is 0. The Kier molecular flexibility index (Phi) is 131. The van der Waals surface area contributed by atoms with Gasteiger partial charge in [-0.2, -0.15) is 0 Å². The minimum absolute atomic E-state index is 0. The molecule has 0 rings (SSSR count). The summed E-state index contributed by atoms with van der Waals surface area (Å²) in [6.07, 6.45) is 0. The first-order valence-corrected chi connectivity index (χ1v) is 1.82.